The van der Waals surface area contributed by atoms with Crippen LogP contribution in [0.15, 0.2) is 0 Å². The van der Waals surface area contributed by atoms with Crippen LogP contribution < -0.4 is 5.32 Å². The predicted molar refractivity (Wildman–Crippen MR) is 66.2 cm³/mol. The molecule has 0 unspecified atom stereocenters. The van der Waals surface area contributed by atoms with Crippen molar-refractivity contribution in [2.75, 3.05) is 6.54 Å². The molecule has 0 aliphatic heterocycles. The molecule has 94 valence electrons. The highest BCUT2D eigenvalue weighted by atomic mass is 16.1. The number of rotatable bonds is 9. The molecule has 0 spiro atoms. The first-order valence-electron chi connectivity index (χ1n) is 6.35. The van der Waals surface area contributed by atoms with Gasteiger partial charge in [0.15, 0.2) is 0 Å². The molecular weight excluding hydrogens is 202 g/mol. The van der Waals surface area contributed by atoms with Gasteiger partial charge in [0.05, 0.1) is 0 Å². The Balaban J connectivity index is 3.37. The predicted octanol–water partition coefficient (Wildman–Crippen LogP) is 2.69. The maximum atomic E-state index is 11.3. The molecule has 0 aromatic heterocycles. The number of nitrogens with one attached hydrogen (secondary N) is 1. The van der Waals surface area contributed by atoms with E-state index in [0.717, 1.165) is 38.6 Å². The van der Waals surface area contributed by atoms with Crippen LogP contribution in [0, 0.1) is 5.92 Å². The first kappa shape index (κ1) is 15.1. The lowest BCUT2D eigenvalue weighted by molar-refractivity contribution is -0.121. The number of carbonyl (C=O) groups is 2. The van der Waals surface area contributed by atoms with Crippen LogP contribution in [0.4, 0.5) is 0 Å². The molecular formula is C13H25NO2. The second-order valence-corrected chi connectivity index (χ2v) is 4.46. The van der Waals surface area contributed by atoms with E-state index in [-0.39, 0.29) is 17.6 Å². The summed E-state index contributed by atoms with van der Waals surface area (Å²) in [6.45, 7) is 6.47. The monoisotopic (exact) mass is 227 g/mol. The molecule has 16 heavy (non-hydrogen) atoms. The fourth-order valence-corrected chi connectivity index (χ4v) is 1.43. The molecule has 0 saturated carbocycles. The van der Waals surface area contributed by atoms with Crippen LogP contribution in [0.1, 0.15) is 59.3 Å². The lowest BCUT2D eigenvalue weighted by Gasteiger charge is -2.07. The molecule has 0 aliphatic carbocycles. The van der Waals surface area contributed by atoms with E-state index in [1.165, 1.54) is 0 Å². The van der Waals surface area contributed by atoms with Gasteiger partial charge in [-0.3, -0.25) is 9.59 Å². The van der Waals surface area contributed by atoms with Crippen molar-refractivity contribution >= 4 is 11.7 Å². The Hall–Kier alpha value is -0.860. The van der Waals surface area contributed by atoms with Gasteiger partial charge in [0, 0.05) is 18.9 Å². The van der Waals surface area contributed by atoms with E-state index in [0.29, 0.717) is 6.42 Å². The van der Waals surface area contributed by atoms with Crippen LogP contribution in [0.2, 0.25) is 0 Å². The Kier molecular flexibility index (Phi) is 8.87. The quantitative estimate of drug-likeness (QED) is 0.616. The van der Waals surface area contributed by atoms with Crippen molar-refractivity contribution in [1.82, 2.24) is 5.32 Å². The second-order valence-electron chi connectivity index (χ2n) is 4.46. The van der Waals surface area contributed by atoms with E-state index in [2.05, 4.69) is 12.2 Å². The number of hydrogen-bond donors (Lipinski definition) is 1. The summed E-state index contributed by atoms with van der Waals surface area (Å²) in [4.78, 5) is 22.3. The Morgan fingerprint density at radius 1 is 1.19 bits per heavy atom. The molecule has 1 atom stereocenters. The number of ketones is 1. The Morgan fingerprint density at radius 3 is 2.44 bits per heavy atom. The summed E-state index contributed by atoms with van der Waals surface area (Å²) in [5.74, 6) is 0.527. The lowest BCUT2D eigenvalue weighted by atomic mass is 10.00. The van der Waals surface area contributed by atoms with Crippen LogP contribution in [0.25, 0.3) is 0 Å². The molecule has 0 radical (unpaired) electrons. The molecule has 1 amide bonds. The number of amides is 1. The van der Waals surface area contributed by atoms with Gasteiger partial charge < -0.3 is 5.32 Å². The summed E-state index contributed by atoms with van der Waals surface area (Å²) in [5, 5.41) is 2.89. The maximum Gasteiger partial charge on any atom is 0.219 e. The molecule has 0 bridgehead atoms. The third kappa shape index (κ3) is 8.45. The molecule has 0 rings (SSSR count). The zero-order chi connectivity index (χ0) is 12.4. The molecule has 0 aromatic rings. The van der Waals surface area contributed by atoms with Crippen molar-refractivity contribution in [1.29, 1.82) is 0 Å². The van der Waals surface area contributed by atoms with Crippen molar-refractivity contribution in [3.05, 3.63) is 0 Å². The SMILES string of the molecule is CCCCNC(=O)CCCC[C@H](C)C(C)=O. The third-order valence-corrected chi connectivity index (χ3v) is 2.84. The number of Topliss-reactive ketones (excluding diaryl/α,β-unsaturated/α-hetero) is 1. The average molecular weight is 227 g/mol. The van der Waals surface area contributed by atoms with Crippen molar-refractivity contribution in [3.8, 4) is 0 Å². The van der Waals surface area contributed by atoms with Gasteiger partial charge in [-0.25, -0.2) is 0 Å². The van der Waals surface area contributed by atoms with Crippen LogP contribution in [-0.4, -0.2) is 18.2 Å². The highest BCUT2D eigenvalue weighted by Gasteiger charge is 2.07. The summed E-state index contributed by atoms with van der Waals surface area (Å²) in [7, 11) is 0. The normalized spacial score (nSPS) is 12.2. The van der Waals surface area contributed by atoms with Crippen molar-refractivity contribution in [2.45, 2.75) is 59.3 Å². The molecule has 3 heteroatoms. The summed E-state index contributed by atoms with van der Waals surface area (Å²) >= 11 is 0. The van der Waals surface area contributed by atoms with Crippen molar-refractivity contribution < 1.29 is 9.59 Å². The summed E-state index contributed by atoms with van der Waals surface area (Å²) in [5.41, 5.74) is 0. The largest absolute Gasteiger partial charge is 0.356 e. The van der Waals surface area contributed by atoms with Gasteiger partial charge in [0.1, 0.15) is 5.78 Å². The van der Waals surface area contributed by atoms with Gasteiger partial charge in [-0.05, 0) is 26.2 Å². The zero-order valence-electron chi connectivity index (χ0n) is 10.8. The fraction of sp³-hybridized carbons (Fsp3) is 0.846. The standard InChI is InChI=1S/C13H25NO2/c1-4-5-10-14-13(16)9-7-6-8-11(2)12(3)15/h11H,4-10H2,1-3H3,(H,14,16)/t11-/m0/s1. The topological polar surface area (TPSA) is 46.2 Å². The minimum atomic E-state index is 0.142. The van der Waals surface area contributed by atoms with E-state index in [9.17, 15) is 9.59 Å². The van der Waals surface area contributed by atoms with E-state index in [4.69, 9.17) is 0 Å². The third-order valence-electron chi connectivity index (χ3n) is 2.84. The Bertz CT molecular complexity index is 214. The second kappa shape index (κ2) is 9.37. The van der Waals surface area contributed by atoms with Gasteiger partial charge in [0.25, 0.3) is 0 Å². The Labute approximate surface area is 99.0 Å². The van der Waals surface area contributed by atoms with Crippen LogP contribution in [-0.2, 0) is 9.59 Å². The van der Waals surface area contributed by atoms with Gasteiger partial charge >= 0.3 is 0 Å². The van der Waals surface area contributed by atoms with Gasteiger partial charge in [-0.2, -0.15) is 0 Å². The first-order chi connectivity index (χ1) is 7.57. The van der Waals surface area contributed by atoms with Crippen molar-refractivity contribution in [3.63, 3.8) is 0 Å². The highest BCUT2D eigenvalue weighted by Crippen LogP contribution is 2.09. The van der Waals surface area contributed by atoms with Crippen LogP contribution >= 0.6 is 0 Å². The van der Waals surface area contributed by atoms with E-state index in [1.54, 1.807) is 6.92 Å². The fourth-order valence-electron chi connectivity index (χ4n) is 1.43. The number of carbonyl (C=O) groups excluding carboxylic acids is 2. The number of hydrogen-bond acceptors (Lipinski definition) is 2. The maximum absolute atomic E-state index is 11.3. The molecule has 0 aliphatic rings. The van der Waals surface area contributed by atoms with Gasteiger partial charge in [-0.1, -0.05) is 26.7 Å². The molecule has 0 heterocycles. The zero-order valence-corrected chi connectivity index (χ0v) is 10.8. The molecule has 0 saturated heterocycles. The van der Waals surface area contributed by atoms with Gasteiger partial charge in [-0.15, -0.1) is 0 Å². The number of unbranched alkanes of at least 4 members (excludes halogenated alkanes) is 2. The van der Waals surface area contributed by atoms with Crippen molar-refractivity contribution in [2.24, 2.45) is 5.92 Å². The molecule has 3 nitrogen and oxygen atoms in total. The summed E-state index contributed by atoms with van der Waals surface area (Å²) < 4.78 is 0. The smallest absolute Gasteiger partial charge is 0.219 e. The molecule has 0 fully saturated rings. The average Bonchev–Trinajstić information content (AvgIpc) is 2.24. The summed E-state index contributed by atoms with van der Waals surface area (Å²) in [6.07, 6.45) is 5.49. The highest BCUT2D eigenvalue weighted by molar-refractivity contribution is 5.77. The van der Waals surface area contributed by atoms with Crippen LogP contribution in [0.3, 0.4) is 0 Å². The Morgan fingerprint density at radius 2 is 1.88 bits per heavy atom. The minimum Gasteiger partial charge on any atom is -0.356 e. The van der Waals surface area contributed by atoms with E-state index in [1.807, 2.05) is 6.92 Å². The van der Waals surface area contributed by atoms with Crippen LogP contribution in [0.5, 0.6) is 0 Å². The van der Waals surface area contributed by atoms with Gasteiger partial charge in [0.2, 0.25) is 5.91 Å². The minimum absolute atomic E-state index is 0.142. The molecule has 1 N–H and O–H groups in total. The van der Waals surface area contributed by atoms with E-state index < -0.39 is 0 Å². The van der Waals surface area contributed by atoms with E-state index >= 15 is 0 Å². The molecule has 0 aromatic carbocycles. The summed E-state index contributed by atoms with van der Waals surface area (Å²) in [6, 6.07) is 0. The first-order valence-corrected chi connectivity index (χ1v) is 6.35. The lowest BCUT2D eigenvalue weighted by Crippen LogP contribution is -2.23.